The first-order valence-electron chi connectivity index (χ1n) is 5.88. The highest BCUT2D eigenvalue weighted by Gasteiger charge is 2.19. The monoisotopic (exact) mass is 249 g/mol. The number of aromatic nitrogens is 3. The van der Waals surface area contributed by atoms with Gasteiger partial charge in [0.05, 0.1) is 0 Å². The van der Waals surface area contributed by atoms with E-state index >= 15 is 0 Å². The molecule has 0 saturated carbocycles. The predicted molar refractivity (Wildman–Crippen MR) is 67.1 cm³/mol. The lowest BCUT2D eigenvalue weighted by atomic mass is 9.96. The van der Waals surface area contributed by atoms with Crippen LogP contribution in [-0.2, 0) is 24.2 Å². The molecule has 0 amide bonds. The Labute approximate surface area is 104 Å². The molecule has 0 radical (unpaired) electrons. The number of nitrogens with zero attached hydrogens (tertiary/aromatic N) is 2. The highest BCUT2D eigenvalue weighted by atomic mass is 32.1. The van der Waals surface area contributed by atoms with E-state index in [1.165, 1.54) is 41.7 Å². The smallest absolute Gasteiger partial charge is 0.182 e. The van der Waals surface area contributed by atoms with Crippen LogP contribution in [0.15, 0.2) is 5.38 Å². The zero-order chi connectivity index (χ0) is 11.7. The van der Waals surface area contributed by atoms with Crippen LogP contribution in [0.25, 0.3) is 11.4 Å². The summed E-state index contributed by atoms with van der Waals surface area (Å²) < 4.78 is 5.04. The van der Waals surface area contributed by atoms with E-state index in [-0.39, 0.29) is 0 Å². The van der Waals surface area contributed by atoms with E-state index in [9.17, 15) is 0 Å². The van der Waals surface area contributed by atoms with Crippen LogP contribution in [0.4, 0.5) is 0 Å². The molecule has 1 aliphatic rings. The number of aromatic amines is 1. The fourth-order valence-electron chi connectivity index (χ4n) is 2.30. The zero-order valence-electron chi connectivity index (χ0n) is 9.82. The summed E-state index contributed by atoms with van der Waals surface area (Å²) >= 11 is 1.84. The third kappa shape index (κ3) is 2.00. The molecule has 5 heteroatoms. The van der Waals surface area contributed by atoms with Crippen molar-refractivity contribution in [3.05, 3.63) is 21.6 Å². The quantitative estimate of drug-likeness (QED) is 0.909. The Hall–Kier alpha value is -1.20. The second kappa shape index (κ2) is 4.58. The van der Waals surface area contributed by atoms with Crippen molar-refractivity contribution in [1.82, 2.24) is 15.2 Å². The molecule has 17 heavy (non-hydrogen) atoms. The molecule has 2 heterocycles. The summed E-state index contributed by atoms with van der Waals surface area (Å²) in [7, 11) is 1.66. The summed E-state index contributed by atoms with van der Waals surface area (Å²) in [6, 6.07) is 0. The van der Waals surface area contributed by atoms with Crippen LogP contribution in [0, 0.1) is 0 Å². The van der Waals surface area contributed by atoms with Crippen LogP contribution in [0.3, 0.4) is 0 Å². The van der Waals surface area contributed by atoms with Gasteiger partial charge in [-0.2, -0.15) is 5.10 Å². The molecular formula is C12H15N3OS. The second-order valence-electron chi connectivity index (χ2n) is 4.30. The van der Waals surface area contributed by atoms with Gasteiger partial charge in [0.2, 0.25) is 0 Å². The average Bonchev–Trinajstić information content (AvgIpc) is 2.95. The van der Waals surface area contributed by atoms with E-state index in [0.29, 0.717) is 6.61 Å². The second-order valence-corrected chi connectivity index (χ2v) is 5.26. The van der Waals surface area contributed by atoms with Crippen molar-refractivity contribution in [1.29, 1.82) is 0 Å². The summed E-state index contributed by atoms with van der Waals surface area (Å²) in [5, 5.41) is 9.39. The molecule has 0 spiro atoms. The van der Waals surface area contributed by atoms with Gasteiger partial charge in [0.15, 0.2) is 11.6 Å². The number of hydrogen-bond acceptors (Lipinski definition) is 4. The van der Waals surface area contributed by atoms with Crippen LogP contribution in [0.2, 0.25) is 0 Å². The minimum absolute atomic E-state index is 0.485. The average molecular weight is 249 g/mol. The van der Waals surface area contributed by atoms with E-state index in [2.05, 4.69) is 20.6 Å². The number of H-pyrrole nitrogens is 1. The van der Waals surface area contributed by atoms with Gasteiger partial charge in [0, 0.05) is 22.9 Å². The molecule has 1 aliphatic carbocycles. The zero-order valence-corrected chi connectivity index (χ0v) is 10.6. The van der Waals surface area contributed by atoms with Crippen LogP contribution < -0.4 is 0 Å². The maximum Gasteiger partial charge on any atom is 0.182 e. The third-order valence-electron chi connectivity index (χ3n) is 3.12. The standard InChI is InChI=1S/C12H15N3OS/c1-16-6-11-13-12(15-14-11)9-7-17-10-5-3-2-4-8(9)10/h7H,2-6H2,1H3,(H,13,14,15). The Morgan fingerprint density at radius 3 is 3.18 bits per heavy atom. The van der Waals surface area contributed by atoms with Crippen molar-refractivity contribution in [2.24, 2.45) is 0 Å². The first-order chi connectivity index (χ1) is 8.38. The van der Waals surface area contributed by atoms with Gasteiger partial charge in [-0.05, 0) is 31.2 Å². The van der Waals surface area contributed by atoms with Crippen molar-refractivity contribution in [3.8, 4) is 11.4 Å². The number of hydrogen-bond donors (Lipinski definition) is 1. The van der Waals surface area contributed by atoms with Crippen molar-refractivity contribution in [3.63, 3.8) is 0 Å². The molecule has 0 aromatic carbocycles. The lowest BCUT2D eigenvalue weighted by molar-refractivity contribution is 0.178. The van der Waals surface area contributed by atoms with E-state index in [1.807, 2.05) is 11.3 Å². The van der Waals surface area contributed by atoms with Gasteiger partial charge in [0.1, 0.15) is 6.61 Å². The highest BCUT2D eigenvalue weighted by Crippen LogP contribution is 2.34. The van der Waals surface area contributed by atoms with E-state index in [1.54, 1.807) is 7.11 Å². The Bertz CT molecular complexity index is 518. The number of aryl methyl sites for hydroxylation is 1. The molecule has 0 bridgehead atoms. The Morgan fingerprint density at radius 1 is 1.41 bits per heavy atom. The molecule has 2 aromatic rings. The van der Waals surface area contributed by atoms with Crippen LogP contribution in [0.5, 0.6) is 0 Å². The van der Waals surface area contributed by atoms with Crippen LogP contribution in [-0.4, -0.2) is 22.3 Å². The fourth-order valence-corrected chi connectivity index (χ4v) is 3.42. The largest absolute Gasteiger partial charge is 0.377 e. The molecule has 2 aromatic heterocycles. The summed E-state index contributed by atoms with van der Waals surface area (Å²) in [6.07, 6.45) is 4.99. The van der Waals surface area contributed by atoms with Crippen molar-refractivity contribution >= 4 is 11.3 Å². The van der Waals surface area contributed by atoms with Gasteiger partial charge in [-0.15, -0.1) is 11.3 Å². The number of rotatable bonds is 3. The fraction of sp³-hybridized carbons (Fsp3) is 0.500. The molecule has 0 aliphatic heterocycles. The Balaban J connectivity index is 1.94. The third-order valence-corrected chi connectivity index (χ3v) is 4.20. The van der Waals surface area contributed by atoms with Crippen molar-refractivity contribution in [2.45, 2.75) is 32.3 Å². The lowest BCUT2D eigenvalue weighted by Gasteiger charge is -2.11. The molecular weight excluding hydrogens is 234 g/mol. The van der Waals surface area contributed by atoms with Crippen molar-refractivity contribution < 1.29 is 4.74 Å². The van der Waals surface area contributed by atoms with Crippen LogP contribution in [0.1, 0.15) is 29.1 Å². The van der Waals surface area contributed by atoms with E-state index in [0.717, 1.165) is 11.6 Å². The Kier molecular flexibility index (Phi) is 2.94. The topological polar surface area (TPSA) is 50.8 Å². The molecule has 1 N–H and O–H groups in total. The van der Waals surface area contributed by atoms with E-state index in [4.69, 9.17) is 4.74 Å². The summed E-state index contributed by atoms with van der Waals surface area (Å²) in [6.45, 7) is 0.485. The molecule has 90 valence electrons. The predicted octanol–water partition coefficient (Wildman–Crippen LogP) is 2.56. The number of fused-ring (bicyclic) bond motifs is 1. The molecule has 3 rings (SSSR count). The molecule has 0 fully saturated rings. The Morgan fingerprint density at radius 2 is 2.29 bits per heavy atom. The maximum absolute atomic E-state index is 5.04. The molecule has 0 unspecified atom stereocenters. The highest BCUT2D eigenvalue weighted by molar-refractivity contribution is 7.10. The van der Waals surface area contributed by atoms with Crippen LogP contribution >= 0.6 is 11.3 Å². The molecule has 4 nitrogen and oxygen atoms in total. The maximum atomic E-state index is 5.04. The van der Waals surface area contributed by atoms with Gasteiger partial charge < -0.3 is 4.74 Å². The number of nitrogens with one attached hydrogen (secondary N) is 1. The minimum atomic E-state index is 0.485. The molecule has 0 saturated heterocycles. The van der Waals surface area contributed by atoms with Gasteiger partial charge in [0.25, 0.3) is 0 Å². The first kappa shape index (κ1) is 10.9. The number of ether oxygens (including phenoxy) is 1. The first-order valence-corrected chi connectivity index (χ1v) is 6.76. The minimum Gasteiger partial charge on any atom is -0.377 e. The molecule has 0 atom stereocenters. The van der Waals surface area contributed by atoms with Gasteiger partial charge >= 0.3 is 0 Å². The normalized spacial score (nSPS) is 14.9. The summed E-state index contributed by atoms with van der Waals surface area (Å²) in [5.74, 6) is 1.61. The van der Waals surface area contributed by atoms with E-state index < -0.39 is 0 Å². The SMILES string of the molecule is COCc1nc(-c2csc3c2CCCC3)n[nH]1. The summed E-state index contributed by atoms with van der Waals surface area (Å²) in [5.41, 5.74) is 2.67. The summed E-state index contributed by atoms with van der Waals surface area (Å²) in [4.78, 5) is 5.98. The van der Waals surface area contributed by atoms with Crippen molar-refractivity contribution in [2.75, 3.05) is 7.11 Å². The number of methoxy groups -OCH3 is 1. The number of thiophene rings is 1. The lowest BCUT2D eigenvalue weighted by Crippen LogP contribution is -1.99. The van der Waals surface area contributed by atoms with Gasteiger partial charge in [-0.1, -0.05) is 0 Å². The van der Waals surface area contributed by atoms with Gasteiger partial charge in [-0.3, -0.25) is 5.10 Å². The van der Waals surface area contributed by atoms with Gasteiger partial charge in [-0.25, -0.2) is 4.98 Å².